The molecule has 0 atom stereocenters. The third kappa shape index (κ3) is 3.94. The largest absolute Gasteiger partial charge is 0.347 e. The van der Waals surface area contributed by atoms with Crippen molar-refractivity contribution in [2.24, 2.45) is 0 Å². The van der Waals surface area contributed by atoms with E-state index < -0.39 is 0 Å². The van der Waals surface area contributed by atoms with E-state index in [9.17, 15) is 4.79 Å². The van der Waals surface area contributed by atoms with Gasteiger partial charge < -0.3 is 5.32 Å². The van der Waals surface area contributed by atoms with Crippen LogP contribution < -0.4 is 5.32 Å². The van der Waals surface area contributed by atoms with Crippen molar-refractivity contribution in [3.63, 3.8) is 0 Å². The molecule has 0 spiro atoms. The van der Waals surface area contributed by atoms with E-state index in [1.165, 1.54) is 5.56 Å². The number of nitrogens with one attached hydrogen (secondary N) is 1. The topological polar surface area (TPSA) is 46.9 Å². The van der Waals surface area contributed by atoms with Crippen molar-refractivity contribution in [3.8, 4) is 0 Å². The van der Waals surface area contributed by atoms with Crippen LogP contribution in [0, 0.1) is 0 Å². The highest BCUT2D eigenvalue weighted by molar-refractivity contribution is 9.08. The number of rotatable bonds is 6. The molecule has 0 saturated heterocycles. The summed E-state index contributed by atoms with van der Waals surface area (Å²) in [5, 5.41) is 8.19. The molecule has 1 aromatic carbocycles. The first kappa shape index (κ1) is 15.8. The van der Waals surface area contributed by atoms with Gasteiger partial charge in [0.2, 0.25) is 0 Å². The second kappa shape index (κ2) is 7.41. The third-order valence-electron chi connectivity index (χ3n) is 3.36. The molecule has 2 aromatic rings. The van der Waals surface area contributed by atoms with Crippen molar-refractivity contribution in [2.75, 3.05) is 0 Å². The minimum Gasteiger partial charge on any atom is -0.347 e. The Bertz CT molecular complexity index is 604. The smallest absolute Gasteiger partial charge is 0.269 e. The monoisotopic (exact) mass is 349 g/mol. The molecular formula is C16H20BrN3O. The Morgan fingerprint density at radius 1 is 1.24 bits per heavy atom. The van der Waals surface area contributed by atoms with Crippen molar-refractivity contribution in [1.29, 1.82) is 0 Å². The maximum absolute atomic E-state index is 12.3. The van der Waals surface area contributed by atoms with Gasteiger partial charge in [0.25, 0.3) is 5.91 Å². The summed E-state index contributed by atoms with van der Waals surface area (Å²) in [6, 6.07) is 10.0. The number of halogens is 1. The first-order valence-electron chi connectivity index (χ1n) is 7.16. The van der Waals surface area contributed by atoms with Gasteiger partial charge in [-0.25, -0.2) is 0 Å². The molecule has 1 aromatic heterocycles. The predicted octanol–water partition coefficient (Wildman–Crippen LogP) is 3.29. The normalized spacial score (nSPS) is 10.6. The lowest BCUT2D eigenvalue weighted by Gasteiger charge is -2.07. The summed E-state index contributed by atoms with van der Waals surface area (Å²) in [5.41, 5.74) is 3.89. The summed E-state index contributed by atoms with van der Waals surface area (Å²) in [6.45, 7) is 5.25. The van der Waals surface area contributed by atoms with Crippen LogP contribution in [0.2, 0.25) is 0 Å². The Morgan fingerprint density at radius 3 is 2.48 bits per heavy atom. The Hall–Kier alpha value is -1.62. The Kier molecular flexibility index (Phi) is 5.56. The number of carbonyl (C=O) groups is 1. The highest BCUT2D eigenvalue weighted by Gasteiger charge is 2.13. The number of carbonyl (C=O) groups excluding carboxylic acids is 1. The van der Waals surface area contributed by atoms with Crippen LogP contribution in [0.15, 0.2) is 30.3 Å². The van der Waals surface area contributed by atoms with Crippen molar-refractivity contribution >= 4 is 21.8 Å². The minimum absolute atomic E-state index is 0.0754. The number of aryl methyl sites for hydroxylation is 2. The van der Waals surface area contributed by atoms with Gasteiger partial charge in [-0.15, -0.1) is 0 Å². The fourth-order valence-corrected chi connectivity index (χ4v) is 2.46. The van der Waals surface area contributed by atoms with Gasteiger partial charge in [-0.3, -0.25) is 9.48 Å². The van der Waals surface area contributed by atoms with Gasteiger partial charge in [0, 0.05) is 18.4 Å². The van der Waals surface area contributed by atoms with Gasteiger partial charge in [-0.2, -0.15) is 5.10 Å². The summed E-state index contributed by atoms with van der Waals surface area (Å²) in [5.74, 6) is -0.0754. The molecule has 1 amide bonds. The molecule has 112 valence electrons. The highest BCUT2D eigenvalue weighted by atomic mass is 79.9. The Labute approximate surface area is 133 Å². The number of amides is 1. The van der Waals surface area contributed by atoms with Crippen LogP contribution in [-0.2, 0) is 24.8 Å². The summed E-state index contributed by atoms with van der Waals surface area (Å²) >= 11 is 3.42. The first-order chi connectivity index (χ1) is 10.2. The molecule has 5 heteroatoms. The standard InChI is InChI=1S/C16H20BrN3O/c1-3-14-9-15(20(4-2)19-14)16(21)18-11-13-7-5-12(10-17)6-8-13/h5-9H,3-4,10-11H2,1-2H3,(H,18,21). The van der Waals surface area contributed by atoms with Gasteiger partial charge >= 0.3 is 0 Å². The lowest BCUT2D eigenvalue weighted by Crippen LogP contribution is -2.25. The summed E-state index contributed by atoms with van der Waals surface area (Å²) in [4.78, 5) is 12.3. The number of hydrogen-bond donors (Lipinski definition) is 1. The number of nitrogens with zero attached hydrogens (tertiary/aromatic N) is 2. The lowest BCUT2D eigenvalue weighted by atomic mass is 10.1. The zero-order valence-corrected chi connectivity index (χ0v) is 14.0. The molecule has 0 saturated carbocycles. The second-order valence-corrected chi connectivity index (χ2v) is 5.38. The highest BCUT2D eigenvalue weighted by Crippen LogP contribution is 2.09. The number of benzene rings is 1. The second-order valence-electron chi connectivity index (χ2n) is 4.82. The molecule has 1 N–H and O–H groups in total. The van der Waals surface area contributed by atoms with E-state index in [0.29, 0.717) is 18.8 Å². The van der Waals surface area contributed by atoms with Crippen LogP contribution in [0.4, 0.5) is 0 Å². The molecule has 1 heterocycles. The Balaban J connectivity index is 2.02. The maximum atomic E-state index is 12.3. The van der Waals surface area contributed by atoms with Crippen molar-refractivity contribution in [3.05, 3.63) is 52.8 Å². The summed E-state index contributed by atoms with van der Waals surface area (Å²) < 4.78 is 1.75. The SMILES string of the molecule is CCc1cc(C(=O)NCc2ccc(CBr)cc2)n(CC)n1. The molecule has 0 unspecified atom stereocenters. The van der Waals surface area contributed by atoms with E-state index in [1.54, 1.807) is 4.68 Å². The predicted molar refractivity (Wildman–Crippen MR) is 87.5 cm³/mol. The van der Waals surface area contributed by atoms with E-state index in [1.807, 2.05) is 32.0 Å². The number of alkyl halides is 1. The molecule has 0 aliphatic carbocycles. The van der Waals surface area contributed by atoms with Crippen LogP contribution in [0.1, 0.15) is 41.2 Å². The fraction of sp³-hybridized carbons (Fsp3) is 0.375. The average molecular weight is 350 g/mol. The van der Waals surface area contributed by atoms with E-state index >= 15 is 0 Å². The van der Waals surface area contributed by atoms with Crippen molar-refractivity contribution < 1.29 is 4.79 Å². The minimum atomic E-state index is -0.0754. The fourth-order valence-electron chi connectivity index (χ4n) is 2.09. The molecule has 0 radical (unpaired) electrons. The van der Waals surface area contributed by atoms with E-state index in [4.69, 9.17) is 0 Å². The third-order valence-corrected chi connectivity index (χ3v) is 4.00. The zero-order valence-electron chi connectivity index (χ0n) is 12.4. The van der Waals surface area contributed by atoms with Crippen LogP contribution in [0.3, 0.4) is 0 Å². The lowest BCUT2D eigenvalue weighted by molar-refractivity contribution is 0.0940. The van der Waals surface area contributed by atoms with Crippen LogP contribution in [-0.4, -0.2) is 15.7 Å². The summed E-state index contributed by atoms with van der Waals surface area (Å²) in [7, 11) is 0. The van der Waals surface area contributed by atoms with Gasteiger partial charge in [0.15, 0.2) is 0 Å². The van der Waals surface area contributed by atoms with Crippen molar-refractivity contribution in [1.82, 2.24) is 15.1 Å². The molecule has 0 fully saturated rings. The molecule has 4 nitrogen and oxygen atoms in total. The van der Waals surface area contributed by atoms with Crippen molar-refractivity contribution in [2.45, 2.75) is 38.7 Å². The summed E-state index contributed by atoms with van der Waals surface area (Å²) in [6.07, 6.45) is 0.835. The molecule has 2 rings (SSSR count). The van der Waals surface area contributed by atoms with Crippen LogP contribution >= 0.6 is 15.9 Å². The van der Waals surface area contributed by atoms with Crippen LogP contribution in [0.25, 0.3) is 0 Å². The van der Waals surface area contributed by atoms with E-state index in [-0.39, 0.29) is 5.91 Å². The Morgan fingerprint density at radius 2 is 1.90 bits per heavy atom. The molecule has 21 heavy (non-hydrogen) atoms. The maximum Gasteiger partial charge on any atom is 0.269 e. The van der Waals surface area contributed by atoms with Gasteiger partial charge in [0.05, 0.1) is 5.69 Å². The molecule has 0 bridgehead atoms. The average Bonchev–Trinajstić information content (AvgIpc) is 2.96. The van der Waals surface area contributed by atoms with Gasteiger partial charge in [0.1, 0.15) is 5.69 Å². The quantitative estimate of drug-likeness (QED) is 0.813. The molecule has 0 aliphatic rings. The number of aromatic nitrogens is 2. The molecule has 0 aliphatic heterocycles. The van der Waals surface area contributed by atoms with E-state index in [0.717, 1.165) is 23.0 Å². The zero-order chi connectivity index (χ0) is 15.2. The van der Waals surface area contributed by atoms with E-state index in [2.05, 4.69) is 38.5 Å². The number of hydrogen-bond acceptors (Lipinski definition) is 2. The van der Waals surface area contributed by atoms with Gasteiger partial charge in [-0.05, 0) is 30.5 Å². The molecular weight excluding hydrogens is 330 g/mol. The van der Waals surface area contributed by atoms with Gasteiger partial charge in [-0.1, -0.05) is 47.1 Å². The van der Waals surface area contributed by atoms with Crippen LogP contribution in [0.5, 0.6) is 0 Å². The first-order valence-corrected chi connectivity index (χ1v) is 8.28.